The molecule has 0 saturated heterocycles. The molecule has 3 heteroatoms. The highest BCUT2D eigenvalue weighted by atomic mass is 16.7. The maximum absolute atomic E-state index is 6.59. The van der Waals surface area contributed by atoms with Crippen LogP contribution >= 0.6 is 0 Å². The highest BCUT2D eigenvalue weighted by Crippen LogP contribution is 2.52. The first-order valence-electron chi connectivity index (χ1n) is 10.0. The molecule has 5 rings (SSSR count). The van der Waals surface area contributed by atoms with Crippen molar-refractivity contribution in [3.05, 3.63) is 125 Å². The summed E-state index contributed by atoms with van der Waals surface area (Å²) in [6, 6.07) is 34.2. The lowest BCUT2D eigenvalue weighted by molar-refractivity contribution is -0.0469. The first-order chi connectivity index (χ1) is 14.7. The molecule has 1 aliphatic rings. The van der Waals surface area contributed by atoms with E-state index in [0.29, 0.717) is 23.9 Å². The quantitative estimate of drug-likeness (QED) is 0.401. The third kappa shape index (κ3) is 3.29. The van der Waals surface area contributed by atoms with E-state index < -0.39 is 5.79 Å². The van der Waals surface area contributed by atoms with Gasteiger partial charge in [-0.1, -0.05) is 91.0 Å². The second kappa shape index (κ2) is 7.60. The van der Waals surface area contributed by atoms with E-state index in [4.69, 9.17) is 14.2 Å². The third-order valence-corrected chi connectivity index (χ3v) is 5.21. The minimum absolute atomic E-state index is 0.462. The van der Waals surface area contributed by atoms with Gasteiger partial charge in [0.25, 0.3) is 0 Å². The van der Waals surface area contributed by atoms with Crippen molar-refractivity contribution in [1.82, 2.24) is 0 Å². The van der Waals surface area contributed by atoms with Gasteiger partial charge in [-0.2, -0.15) is 0 Å². The van der Waals surface area contributed by atoms with Gasteiger partial charge in [-0.15, -0.1) is 0 Å². The van der Waals surface area contributed by atoms with Gasteiger partial charge < -0.3 is 14.2 Å². The largest absolute Gasteiger partial charge is 0.485 e. The molecule has 148 valence electrons. The fourth-order valence-corrected chi connectivity index (χ4v) is 3.76. The number of benzene rings is 4. The minimum Gasteiger partial charge on any atom is -0.485 e. The lowest BCUT2D eigenvalue weighted by Gasteiger charge is -2.28. The highest BCUT2D eigenvalue weighted by molar-refractivity contribution is 5.58. The summed E-state index contributed by atoms with van der Waals surface area (Å²) >= 11 is 0. The van der Waals surface area contributed by atoms with Crippen LogP contribution in [0.2, 0.25) is 0 Å². The van der Waals surface area contributed by atoms with Gasteiger partial charge in [0.2, 0.25) is 5.75 Å². The number of rotatable bonds is 5. The Morgan fingerprint density at radius 1 is 0.700 bits per heavy atom. The van der Waals surface area contributed by atoms with Gasteiger partial charge in [0.05, 0.1) is 0 Å². The van der Waals surface area contributed by atoms with Gasteiger partial charge in [-0.05, 0) is 30.2 Å². The molecule has 0 N–H and O–H groups in total. The molecule has 4 aromatic rings. The standard InChI is InChI=1S/C27H22O3/c1-20-17-24(28-19-21-11-5-2-6-12-21)26-25(18-20)29-27(30-26,22-13-7-3-8-14-22)23-15-9-4-10-16-23/h2-18H,19H2,1H3. The Morgan fingerprint density at radius 3 is 1.87 bits per heavy atom. The Morgan fingerprint density at radius 2 is 1.27 bits per heavy atom. The van der Waals surface area contributed by atoms with Gasteiger partial charge in [0.15, 0.2) is 11.5 Å². The van der Waals surface area contributed by atoms with Gasteiger partial charge in [-0.3, -0.25) is 0 Å². The fourth-order valence-electron chi connectivity index (χ4n) is 3.76. The Labute approximate surface area is 176 Å². The van der Waals surface area contributed by atoms with Crippen LogP contribution in [0, 0.1) is 6.92 Å². The van der Waals surface area contributed by atoms with E-state index in [1.54, 1.807) is 0 Å². The van der Waals surface area contributed by atoms with Gasteiger partial charge in [-0.25, -0.2) is 0 Å². The molecule has 0 atom stereocenters. The SMILES string of the molecule is Cc1cc(OCc2ccccc2)c2c(c1)OC(c1ccccc1)(c1ccccc1)O2. The van der Waals surface area contributed by atoms with Gasteiger partial charge in [0, 0.05) is 11.1 Å². The molecule has 4 aromatic carbocycles. The zero-order valence-electron chi connectivity index (χ0n) is 16.7. The molecule has 1 heterocycles. The summed E-state index contributed by atoms with van der Waals surface area (Å²) in [6.45, 7) is 2.49. The van der Waals surface area contributed by atoms with Crippen LogP contribution in [-0.4, -0.2) is 0 Å². The maximum Gasteiger partial charge on any atom is 0.305 e. The van der Waals surface area contributed by atoms with E-state index in [0.717, 1.165) is 22.3 Å². The molecule has 0 radical (unpaired) electrons. The topological polar surface area (TPSA) is 27.7 Å². The van der Waals surface area contributed by atoms with Crippen LogP contribution in [0.5, 0.6) is 17.2 Å². The van der Waals surface area contributed by atoms with Crippen LogP contribution in [0.4, 0.5) is 0 Å². The van der Waals surface area contributed by atoms with Crippen LogP contribution in [-0.2, 0) is 12.4 Å². The number of hydrogen-bond acceptors (Lipinski definition) is 3. The van der Waals surface area contributed by atoms with Gasteiger partial charge in [0.1, 0.15) is 6.61 Å². The first-order valence-corrected chi connectivity index (χ1v) is 10.0. The Hall–Kier alpha value is -3.72. The summed E-state index contributed by atoms with van der Waals surface area (Å²) in [5.74, 6) is 0.946. The van der Waals surface area contributed by atoms with E-state index >= 15 is 0 Å². The van der Waals surface area contributed by atoms with Crippen molar-refractivity contribution in [2.24, 2.45) is 0 Å². The Kier molecular flexibility index (Phi) is 4.64. The first kappa shape index (κ1) is 18.3. The van der Waals surface area contributed by atoms with E-state index in [1.807, 2.05) is 110 Å². The van der Waals surface area contributed by atoms with Crippen molar-refractivity contribution in [3.8, 4) is 17.2 Å². The minimum atomic E-state index is -1.05. The van der Waals surface area contributed by atoms with Crippen LogP contribution < -0.4 is 14.2 Å². The predicted octanol–water partition coefficient (Wildman–Crippen LogP) is 6.25. The summed E-state index contributed by atoms with van der Waals surface area (Å²) in [5, 5.41) is 0. The average molecular weight is 394 g/mol. The second-order valence-electron chi connectivity index (χ2n) is 7.42. The normalized spacial score (nSPS) is 13.8. The van der Waals surface area contributed by atoms with E-state index in [2.05, 4.69) is 0 Å². The molecule has 3 nitrogen and oxygen atoms in total. The summed E-state index contributed by atoms with van der Waals surface area (Å²) < 4.78 is 19.3. The molecule has 0 unspecified atom stereocenters. The zero-order chi connectivity index (χ0) is 20.4. The van der Waals surface area contributed by atoms with Crippen molar-refractivity contribution in [3.63, 3.8) is 0 Å². The number of ether oxygens (including phenoxy) is 3. The van der Waals surface area contributed by atoms with Crippen molar-refractivity contribution in [2.75, 3.05) is 0 Å². The van der Waals surface area contributed by atoms with E-state index in [1.165, 1.54) is 0 Å². The van der Waals surface area contributed by atoms with E-state index in [9.17, 15) is 0 Å². The molecule has 0 spiro atoms. The molecular formula is C27H22O3. The number of aryl methyl sites for hydroxylation is 1. The summed E-state index contributed by atoms with van der Waals surface area (Å²) in [7, 11) is 0. The Bertz CT molecular complexity index is 1100. The average Bonchev–Trinajstić information content (AvgIpc) is 3.20. The molecule has 0 fully saturated rings. The maximum atomic E-state index is 6.59. The van der Waals surface area contributed by atoms with Crippen molar-refractivity contribution in [1.29, 1.82) is 0 Å². The number of fused-ring (bicyclic) bond motifs is 1. The van der Waals surface area contributed by atoms with E-state index in [-0.39, 0.29) is 0 Å². The third-order valence-electron chi connectivity index (χ3n) is 5.21. The molecule has 0 saturated carbocycles. The smallest absolute Gasteiger partial charge is 0.305 e. The molecule has 0 aromatic heterocycles. The lowest BCUT2D eigenvalue weighted by Crippen LogP contribution is -2.36. The molecular weight excluding hydrogens is 372 g/mol. The monoisotopic (exact) mass is 394 g/mol. The molecule has 0 bridgehead atoms. The summed E-state index contributed by atoms with van der Waals surface area (Å²) in [4.78, 5) is 0. The van der Waals surface area contributed by atoms with Crippen molar-refractivity contribution >= 4 is 0 Å². The van der Waals surface area contributed by atoms with Gasteiger partial charge >= 0.3 is 5.79 Å². The lowest BCUT2D eigenvalue weighted by atomic mass is 9.97. The fraction of sp³-hybridized carbons (Fsp3) is 0.111. The van der Waals surface area contributed by atoms with Crippen molar-refractivity contribution < 1.29 is 14.2 Å². The van der Waals surface area contributed by atoms with Crippen LogP contribution in [0.3, 0.4) is 0 Å². The van der Waals surface area contributed by atoms with Crippen molar-refractivity contribution in [2.45, 2.75) is 19.3 Å². The molecule has 0 aliphatic carbocycles. The Balaban J connectivity index is 1.56. The second-order valence-corrected chi connectivity index (χ2v) is 7.42. The van der Waals surface area contributed by atoms with Crippen LogP contribution in [0.15, 0.2) is 103 Å². The predicted molar refractivity (Wildman–Crippen MR) is 117 cm³/mol. The van der Waals surface area contributed by atoms with Crippen LogP contribution in [0.1, 0.15) is 22.3 Å². The zero-order valence-corrected chi connectivity index (χ0v) is 16.7. The molecule has 1 aliphatic heterocycles. The molecule has 30 heavy (non-hydrogen) atoms. The molecule has 0 amide bonds. The summed E-state index contributed by atoms with van der Waals surface area (Å²) in [5.41, 5.74) is 4.01. The number of hydrogen-bond donors (Lipinski definition) is 0. The van der Waals surface area contributed by atoms with Crippen LogP contribution in [0.25, 0.3) is 0 Å². The highest BCUT2D eigenvalue weighted by Gasteiger charge is 2.46. The summed E-state index contributed by atoms with van der Waals surface area (Å²) in [6.07, 6.45) is 0.